The number of aryl methyl sites for hydroxylation is 1. The number of unbranched alkanes of at least 4 members (excludes halogenated alkanes) is 1. The first-order valence-electron chi connectivity index (χ1n) is 10.1. The first kappa shape index (κ1) is 20.2. The van der Waals surface area contributed by atoms with Gasteiger partial charge in [0, 0.05) is 19.3 Å². The van der Waals surface area contributed by atoms with Crippen LogP contribution in [0.3, 0.4) is 0 Å². The third-order valence-electron chi connectivity index (χ3n) is 5.69. The fraction of sp³-hybridized carbons (Fsp3) is 0.667. The fourth-order valence-corrected chi connectivity index (χ4v) is 4.27. The van der Waals surface area contributed by atoms with Crippen LogP contribution in [0.25, 0.3) is 0 Å². The summed E-state index contributed by atoms with van der Waals surface area (Å²) in [4.78, 5) is 14.3. The molecule has 0 spiro atoms. The molecule has 1 aliphatic heterocycles. The van der Waals surface area contributed by atoms with Gasteiger partial charge in [-0.25, -0.2) is 13.2 Å². The van der Waals surface area contributed by atoms with Crippen LogP contribution in [-0.2, 0) is 21.0 Å². The Kier molecular flexibility index (Phi) is 6.79. The molecule has 0 bridgehead atoms. The van der Waals surface area contributed by atoms with Gasteiger partial charge in [-0.05, 0) is 68.1 Å². The van der Waals surface area contributed by atoms with E-state index in [1.807, 2.05) is 17.0 Å². The first-order chi connectivity index (χ1) is 12.9. The number of hydrogen-bond donors (Lipinski definition) is 0. The van der Waals surface area contributed by atoms with E-state index in [0.717, 1.165) is 38.8 Å². The lowest BCUT2D eigenvalue weighted by atomic mass is 9.91. The molecule has 1 aromatic carbocycles. The van der Waals surface area contributed by atoms with Gasteiger partial charge in [-0.1, -0.05) is 25.0 Å². The van der Waals surface area contributed by atoms with Crippen molar-refractivity contribution in [1.29, 1.82) is 0 Å². The lowest BCUT2D eigenvalue weighted by Gasteiger charge is -2.31. The quantitative estimate of drug-likeness (QED) is 0.625. The van der Waals surface area contributed by atoms with Crippen LogP contribution in [0, 0.1) is 11.8 Å². The second-order valence-corrected chi connectivity index (χ2v) is 10.1. The minimum Gasteiger partial charge on any atom is -0.449 e. The molecule has 1 amide bonds. The second-order valence-electron chi connectivity index (χ2n) is 8.11. The van der Waals surface area contributed by atoms with E-state index in [-0.39, 0.29) is 6.09 Å². The minimum absolute atomic E-state index is 0.127. The van der Waals surface area contributed by atoms with Gasteiger partial charge < -0.3 is 9.64 Å². The van der Waals surface area contributed by atoms with Gasteiger partial charge in [0.2, 0.25) is 0 Å². The van der Waals surface area contributed by atoms with Crippen molar-refractivity contribution in [1.82, 2.24) is 4.90 Å². The molecule has 5 nitrogen and oxygen atoms in total. The normalized spacial score (nSPS) is 18.5. The zero-order valence-corrected chi connectivity index (χ0v) is 17.0. The molecular weight excluding hydrogens is 362 g/mol. The zero-order chi connectivity index (χ0) is 19.3. The highest BCUT2D eigenvalue weighted by Gasteiger charge is 2.27. The molecule has 6 heteroatoms. The minimum atomic E-state index is -3.11. The molecule has 0 N–H and O–H groups in total. The SMILES string of the molecule is CS(=O)(=O)c1ccc(CCCCC2CCN(C(=O)OCC3CC3)CC2)cc1. The van der Waals surface area contributed by atoms with Crippen molar-refractivity contribution < 1.29 is 17.9 Å². The molecule has 1 aromatic rings. The van der Waals surface area contributed by atoms with Crippen molar-refractivity contribution in [3.05, 3.63) is 29.8 Å². The van der Waals surface area contributed by atoms with Crippen LogP contribution in [0.4, 0.5) is 4.79 Å². The van der Waals surface area contributed by atoms with E-state index in [1.54, 1.807) is 12.1 Å². The van der Waals surface area contributed by atoms with Crippen molar-refractivity contribution in [2.75, 3.05) is 26.0 Å². The molecule has 2 fully saturated rings. The molecule has 0 atom stereocenters. The van der Waals surface area contributed by atoms with Gasteiger partial charge in [-0.3, -0.25) is 0 Å². The van der Waals surface area contributed by atoms with E-state index in [0.29, 0.717) is 23.3 Å². The summed E-state index contributed by atoms with van der Waals surface area (Å²) in [5.41, 5.74) is 1.19. The maximum atomic E-state index is 12.0. The van der Waals surface area contributed by atoms with Crippen LogP contribution < -0.4 is 0 Å². The van der Waals surface area contributed by atoms with E-state index in [1.165, 1.54) is 37.5 Å². The lowest BCUT2D eigenvalue weighted by molar-refractivity contribution is 0.0832. The van der Waals surface area contributed by atoms with Crippen molar-refractivity contribution >= 4 is 15.9 Å². The van der Waals surface area contributed by atoms with Crippen molar-refractivity contribution in [2.24, 2.45) is 11.8 Å². The molecule has 0 unspecified atom stereocenters. The van der Waals surface area contributed by atoms with E-state index in [9.17, 15) is 13.2 Å². The van der Waals surface area contributed by atoms with Gasteiger partial charge in [0.25, 0.3) is 0 Å². The average Bonchev–Trinajstić information content (AvgIpc) is 3.48. The average molecular weight is 394 g/mol. The number of carbonyl (C=O) groups excluding carboxylic acids is 1. The molecule has 2 aliphatic rings. The van der Waals surface area contributed by atoms with Gasteiger partial charge in [0.05, 0.1) is 11.5 Å². The number of ether oxygens (including phenoxy) is 1. The van der Waals surface area contributed by atoms with Gasteiger partial charge in [-0.2, -0.15) is 0 Å². The predicted molar refractivity (Wildman–Crippen MR) is 105 cm³/mol. The van der Waals surface area contributed by atoms with Crippen LogP contribution in [0.15, 0.2) is 29.2 Å². The Morgan fingerprint density at radius 3 is 2.30 bits per heavy atom. The zero-order valence-electron chi connectivity index (χ0n) is 16.2. The summed E-state index contributed by atoms with van der Waals surface area (Å²) < 4.78 is 28.3. The number of nitrogens with zero attached hydrogens (tertiary/aromatic N) is 1. The van der Waals surface area contributed by atoms with E-state index >= 15 is 0 Å². The van der Waals surface area contributed by atoms with Crippen LogP contribution in [0.1, 0.15) is 50.5 Å². The summed E-state index contributed by atoms with van der Waals surface area (Å²) in [5, 5.41) is 0. The van der Waals surface area contributed by atoms with Crippen LogP contribution >= 0.6 is 0 Å². The molecular formula is C21H31NO4S. The first-order valence-corrected chi connectivity index (χ1v) is 12.0. The summed E-state index contributed by atoms with van der Waals surface area (Å²) >= 11 is 0. The summed E-state index contributed by atoms with van der Waals surface area (Å²) in [6.45, 7) is 2.24. The molecule has 27 heavy (non-hydrogen) atoms. The summed E-state index contributed by atoms with van der Waals surface area (Å²) in [5.74, 6) is 1.32. The summed E-state index contributed by atoms with van der Waals surface area (Å²) in [6, 6.07) is 7.23. The number of sulfone groups is 1. The van der Waals surface area contributed by atoms with Crippen LogP contribution in [-0.4, -0.2) is 45.4 Å². The number of carbonyl (C=O) groups is 1. The van der Waals surface area contributed by atoms with Crippen molar-refractivity contribution in [3.8, 4) is 0 Å². The van der Waals surface area contributed by atoms with Crippen molar-refractivity contribution in [2.45, 2.75) is 56.3 Å². The number of rotatable bonds is 8. The molecule has 150 valence electrons. The predicted octanol–water partition coefficient (Wildman–Crippen LogP) is 4.06. The van der Waals surface area contributed by atoms with Crippen LogP contribution in [0.5, 0.6) is 0 Å². The molecule has 0 aromatic heterocycles. The van der Waals surface area contributed by atoms with E-state index in [4.69, 9.17) is 4.74 Å². The standard InChI is InChI=1S/C21H31NO4S/c1-27(24,25)20-10-8-17(9-11-20)4-2-3-5-18-12-14-22(15-13-18)21(23)26-16-19-6-7-19/h8-11,18-19H,2-7,12-16H2,1H3. The Morgan fingerprint density at radius 2 is 1.70 bits per heavy atom. The largest absolute Gasteiger partial charge is 0.449 e. The second kappa shape index (κ2) is 9.09. The van der Waals surface area contributed by atoms with E-state index in [2.05, 4.69) is 0 Å². The third-order valence-corrected chi connectivity index (χ3v) is 6.82. The fourth-order valence-electron chi connectivity index (χ4n) is 3.63. The molecule has 1 heterocycles. The Labute approximate surface area is 163 Å². The number of likely N-dealkylation sites (tertiary alicyclic amines) is 1. The lowest BCUT2D eigenvalue weighted by Crippen LogP contribution is -2.39. The van der Waals surface area contributed by atoms with Crippen LogP contribution in [0.2, 0.25) is 0 Å². The molecule has 1 saturated carbocycles. The topological polar surface area (TPSA) is 63.7 Å². The van der Waals surface area contributed by atoms with E-state index < -0.39 is 9.84 Å². The van der Waals surface area contributed by atoms with Gasteiger partial charge in [0.15, 0.2) is 9.84 Å². The third kappa shape index (κ3) is 6.52. The molecule has 0 radical (unpaired) electrons. The molecule has 1 saturated heterocycles. The Balaban J connectivity index is 1.29. The summed E-state index contributed by atoms with van der Waals surface area (Å²) in [6.07, 6.45) is 10.1. The summed E-state index contributed by atoms with van der Waals surface area (Å²) in [7, 11) is -3.11. The number of amides is 1. The Bertz CT molecular complexity index is 717. The maximum Gasteiger partial charge on any atom is 0.409 e. The van der Waals surface area contributed by atoms with Crippen molar-refractivity contribution in [3.63, 3.8) is 0 Å². The smallest absolute Gasteiger partial charge is 0.409 e. The maximum absolute atomic E-state index is 12.0. The van der Waals surface area contributed by atoms with Gasteiger partial charge in [-0.15, -0.1) is 0 Å². The highest BCUT2D eigenvalue weighted by Crippen LogP contribution is 2.29. The molecule has 1 aliphatic carbocycles. The number of hydrogen-bond acceptors (Lipinski definition) is 4. The highest BCUT2D eigenvalue weighted by molar-refractivity contribution is 7.90. The number of piperidine rings is 1. The van der Waals surface area contributed by atoms with Gasteiger partial charge in [0.1, 0.15) is 0 Å². The molecule has 3 rings (SSSR count). The Morgan fingerprint density at radius 1 is 1.04 bits per heavy atom. The highest BCUT2D eigenvalue weighted by atomic mass is 32.2. The number of benzene rings is 1. The Hall–Kier alpha value is -1.56. The van der Waals surface area contributed by atoms with Gasteiger partial charge >= 0.3 is 6.09 Å². The monoisotopic (exact) mass is 393 g/mol.